The number of aryl methyl sites for hydroxylation is 1. The van der Waals surface area contributed by atoms with Gasteiger partial charge < -0.3 is 10.2 Å². The summed E-state index contributed by atoms with van der Waals surface area (Å²) in [5.74, 6) is -0.605. The molecule has 0 aliphatic carbocycles. The maximum Gasteiger partial charge on any atom is 0.231 e. The van der Waals surface area contributed by atoms with E-state index in [2.05, 4.69) is 4.99 Å². The van der Waals surface area contributed by atoms with Gasteiger partial charge in [-0.25, -0.2) is 9.38 Å². The van der Waals surface area contributed by atoms with Crippen LogP contribution in [0.2, 0.25) is 0 Å². The van der Waals surface area contributed by atoms with Gasteiger partial charge >= 0.3 is 0 Å². The molecule has 7 heteroatoms. The highest BCUT2D eigenvalue weighted by Crippen LogP contribution is 2.35. The fourth-order valence-corrected chi connectivity index (χ4v) is 3.08. The molecule has 0 radical (unpaired) electrons. The number of carbonyl (C=O) groups is 2. The minimum atomic E-state index is -1.11. The molecular weight excluding hydrogens is 337 g/mol. The number of hydrogen-bond donors (Lipinski definition) is 1. The standard InChI is InChI=1S/C19H20FN3O3/c1-11-6-7-26-17(11)15(24)9-12-4-5-14(20)13(8-12)19(2)10-16(25)23(3)18(21)22-19/h4-8H,9-10H2,1-3H3,(H2,21,22). The van der Waals surface area contributed by atoms with E-state index in [9.17, 15) is 14.0 Å². The van der Waals surface area contributed by atoms with Crippen LogP contribution in [0.5, 0.6) is 0 Å². The molecule has 0 saturated heterocycles. The van der Waals surface area contributed by atoms with E-state index in [1.807, 2.05) is 0 Å². The van der Waals surface area contributed by atoms with Crippen molar-refractivity contribution < 1.29 is 18.4 Å². The van der Waals surface area contributed by atoms with Gasteiger partial charge in [0.1, 0.15) is 5.82 Å². The van der Waals surface area contributed by atoms with Crippen molar-refractivity contribution in [3.05, 3.63) is 58.8 Å². The molecule has 6 nitrogen and oxygen atoms in total. The Morgan fingerprint density at radius 2 is 2.15 bits per heavy atom. The van der Waals surface area contributed by atoms with Crippen LogP contribution in [0.4, 0.5) is 4.39 Å². The number of nitrogens with two attached hydrogens (primary N) is 1. The van der Waals surface area contributed by atoms with Crippen molar-refractivity contribution in [3.8, 4) is 0 Å². The summed E-state index contributed by atoms with van der Waals surface area (Å²) in [6, 6.07) is 6.11. The maximum absolute atomic E-state index is 14.5. The van der Waals surface area contributed by atoms with E-state index in [0.29, 0.717) is 11.3 Å². The van der Waals surface area contributed by atoms with Crippen LogP contribution in [0.25, 0.3) is 0 Å². The summed E-state index contributed by atoms with van der Waals surface area (Å²) in [5.41, 5.74) is 6.29. The lowest BCUT2D eigenvalue weighted by Crippen LogP contribution is -2.47. The maximum atomic E-state index is 14.5. The van der Waals surface area contributed by atoms with Crippen LogP contribution < -0.4 is 5.73 Å². The van der Waals surface area contributed by atoms with E-state index in [0.717, 1.165) is 5.56 Å². The zero-order valence-electron chi connectivity index (χ0n) is 14.9. The smallest absolute Gasteiger partial charge is 0.231 e. The molecule has 1 amide bonds. The van der Waals surface area contributed by atoms with Crippen molar-refractivity contribution in [1.82, 2.24) is 4.90 Å². The van der Waals surface area contributed by atoms with Gasteiger partial charge in [-0.05, 0) is 43.2 Å². The number of Topliss-reactive ketones (excluding diaryl/α,β-unsaturated/α-hetero) is 1. The molecule has 3 rings (SSSR count). The molecule has 1 unspecified atom stereocenters. The highest BCUT2D eigenvalue weighted by molar-refractivity contribution is 5.99. The molecule has 136 valence electrons. The van der Waals surface area contributed by atoms with Gasteiger partial charge in [0.2, 0.25) is 11.7 Å². The van der Waals surface area contributed by atoms with Crippen LogP contribution in [0.1, 0.15) is 40.6 Å². The zero-order valence-corrected chi connectivity index (χ0v) is 14.9. The summed E-state index contributed by atoms with van der Waals surface area (Å²) in [4.78, 5) is 30.1. The number of amides is 1. The third-order valence-electron chi connectivity index (χ3n) is 4.67. The second kappa shape index (κ2) is 6.40. The first-order valence-electron chi connectivity index (χ1n) is 8.19. The fraction of sp³-hybridized carbons (Fsp3) is 0.316. The Bertz CT molecular complexity index is 919. The van der Waals surface area contributed by atoms with Crippen molar-refractivity contribution in [1.29, 1.82) is 0 Å². The van der Waals surface area contributed by atoms with Crippen LogP contribution in [-0.2, 0) is 16.8 Å². The van der Waals surface area contributed by atoms with Gasteiger partial charge in [-0.15, -0.1) is 0 Å². The fourth-order valence-electron chi connectivity index (χ4n) is 3.08. The van der Waals surface area contributed by atoms with Crippen molar-refractivity contribution in [2.45, 2.75) is 32.2 Å². The second-order valence-electron chi connectivity index (χ2n) is 6.72. The number of halogens is 1. The summed E-state index contributed by atoms with van der Waals surface area (Å²) in [5, 5.41) is 0. The topological polar surface area (TPSA) is 88.9 Å². The summed E-state index contributed by atoms with van der Waals surface area (Å²) in [7, 11) is 1.53. The van der Waals surface area contributed by atoms with Crippen molar-refractivity contribution in [2.75, 3.05) is 7.05 Å². The Kier molecular flexibility index (Phi) is 4.39. The zero-order chi connectivity index (χ0) is 19.1. The van der Waals surface area contributed by atoms with Crippen LogP contribution in [-0.4, -0.2) is 29.6 Å². The summed E-state index contributed by atoms with van der Waals surface area (Å²) >= 11 is 0. The normalized spacial score (nSPS) is 20.2. The molecule has 1 atom stereocenters. The van der Waals surface area contributed by atoms with Gasteiger partial charge in [-0.3, -0.25) is 14.5 Å². The molecule has 1 aromatic heterocycles. The molecule has 2 heterocycles. The average Bonchev–Trinajstić information content (AvgIpc) is 3.00. The number of ketones is 1. The van der Waals surface area contributed by atoms with Gasteiger partial charge in [-0.2, -0.15) is 0 Å². The van der Waals surface area contributed by atoms with Crippen molar-refractivity contribution in [2.24, 2.45) is 10.7 Å². The number of rotatable bonds is 4. The van der Waals surface area contributed by atoms with Crippen LogP contribution >= 0.6 is 0 Å². The Morgan fingerprint density at radius 1 is 1.42 bits per heavy atom. The summed E-state index contributed by atoms with van der Waals surface area (Å²) in [6.07, 6.45) is 1.52. The minimum Gasteiger partial charge on any atom is -0.461 e. The molecule has 0 spiro atoms. The number of furan rings is 1. The molecule has 26 heavy (non-hydrogen) atoms. The van der Waals surface area contributed by atoms with E-state index in [1.165, 1.54) is 24.3 Å². The largest absolute Gasteiger partial charge is 0.461 e. The van der Waals surface area contributed by atoms with E-state index in [4.69, 9.17) is 10.2 Å². The van der Waals surface area contributed by atoms with Gasteiger partial charge in [-0.1, -0.05) is 6.07 Å². The summed E-state index contributed by atoms with van der Waals surface area (Å²) < 4.78 is 19.7. The predicted molar refractivity (Wildman–Crippen MR) is 94.2 cm³/mol. The quantitative estimate of drug-likeness (QED) is 0.852. The van der Waals surface area contributed by atoms with Gasteiger partial charge in [0.25, 0.3) is 0 Å². The number of benzene rings is 1. The first kappa shape index (κ1) is 17.8. The van der Waals surface area contributed by atoms with Crippen molar-refractivity contribution in [3.63, 3.8) is 0 Å². The number of aliphatic imine (C=N–C) groups is 1. The molecule has 1 aromatic carbocycles. The van der Waals surface area contributed by atoms with Crippen LogP contribution in [0.3, 0.4) is 0 Å². The Morgan fingerprint density at radius 3 is 2.77 bits per heavy atom. The lowest BCUT2D eigenvalue weighted by Gasteiger charge is -2.34. The van der Waals surface area contributed by atoms with Crippen molar-refractivity contribution >= 4 is 17.6 Å². The lowest BCUT2D eigenvalue weighted by molar-refractivity contribution is -0.128. The third-order valence-corrected chi connectivity index (χ3v) is 4.67. The van der Waals surface area contributed by atoms with Crippen LogP contribution in [0.15, 0.2) is 39.9 Å². The van der Waals surface area contributed by atoms with E-state index >= 15 is 0 Å². The minimum absolute atomic E-state index is 0.00415. The third kappa shape index (κ3) is 3.12. The predicted octanol–water partition coefficient (Wildman–Crippen LogP) is 2.54. The molecule has 2 aromatic rings. The number of nitrogens with zero attached hydrogens (tertiary/aromatic N) is 2. The highest BCUT2D eigenvalue weighted by atomic mass is 19.1. The molecule has 1 aliphatic heterocycles. The molecule has 0 fully saturated rings. The Labute approximate surface area is 150 Å². The second-order valence-corrected chi connectivity index (χ2v) is 6.72. The summed E-state index contributed by atoms with van der Waals surface area (Å²) in [6.45, 7) is 3.45. The molecule has 0 bridgehead atoms. The number of hydrogen-bond acceptors (Lipinski definition) is 5. The Balaban J connectivity index is 1.95. The highest BCUT2D eigenvalue weighted by Gasteiger charge is 2.38. The van der Waals surface area contributed by atoms with Gasteiger partial charge in [0, 0.05) is 19.0 Å². The number of guanidine groups is 1. The average molecular weight is 357 g/mol. The van der Waals surface area contributed by atoms with E-state index in [1.54, 1.807) is 32.0 Å². The molecule has 1 aliphatic rings. The molecular formula is C19H20FN3O3. The van der Waals surface area contributed by atoms with Gasteiger partial charge in [0.05, 0.1) is 18.2 Å². The monoisotopic (exact) mass is 357 g/mol. The Hall–Kier alpha value is -2.96. The SMILES string of the molecule is Cc1ccoc1C(=O)Cc1ccc(F)c(C2(C)CC(=O)N(C)C(N)=N2)c1. The van der Waals surface area contributed by atoms with E-state index in [-0.39, 0.29) is 36.1 Å². The first-order valence-corrected chi connectivity index (χ1v) is 8.19. The van der Waals surface area contributed by atoms with E-state index < -0.39 is 11.4 Å². The molecule has 2 N–H and O–H groups in total. The van der Waals surface area contributed by atoms with Crippen LogP contribution in [0, 0.1) is 12.7 Å². The van der Waals surface area contributed by atoms with Gasteiger partial charge in [0.15, 0.2) is 11.7 Å². The molecule has 0 saturated carbocycles. The number of carbonyl (C=O) groups excluding carboxylic acids is 2. The first-order chi connectivity index (χ1) is 12.2. The lowest BCUT2D eigenvalue weighted by atomic mass is 9.85.